The number of fused-ring (bicyclic) bond motifs is 1. The highest BCUT2D eigenvalue weighted by molar-refractivity contribution is 6.03. The Morgan fingerprint density at radius 1 is 1.38 bits per heavy atom. The fourth-order valence-electron chi connectivity index (χ4n) is 2.75. The summed E-state index contributed by atoms with van der Waals surface area (Å²) in [6.45, 7) is 6.39. The van der Waals surface area contributed by atoms with E-state index < -0.39 is 5.97 Å². The number of nitrogens with one attached hydrogen (secondary N) is 1. The van der Waals surface area contributed by atoms with E-state index in [0.717, 1.165) is 18.2 Å². The van der Waals surface area contributed by atoms with Gasteiger partial charge in [0.05, 0.1) is 17.3 Å². The molecule has 0 fully saturated rings. The van der Waals surface area contributed by atoms with Gasteiger partial charge in [0, 0.05) is 19.3 Å². The lowest BCUT2D eigenvalue weighted by atomic mass is 9.95. The molecule has 0 aliphatic heterocycles. The van der Waals surface area contributed by atoms with Crippen molar-refractivity contribution in [3.05, 3.63) is 18.0 Å². The number of carboxylic acid groups (broad SMARTS) is 1. The summed E-state index contributed by atoms with van der Waals surface area (Å²) in [5, 5.41) is 17.7. The van der Waals surface area contributed by atoms with Gasteiger partial charge in [-0.1, -0.05) is 26.7 Å². The van der Waals surface area contributed by atoms with Gasteiger partial charge in [0.1, 0.15) is 5.56 Å². The number of anilines is 1. The molecule has 1 atom stereocenters. The molecule has 2 aromatic heterocycles. The fraction of sp³-hybridized carbons (Fsp3) is 0.533. The molecule has 0 bridgehead atoms. The summed E-state index contributed by atoms with van der Waals surface area (Å²) in [5.74, 6) is -0.487. The molecule has 2 rings (SSSR count). The first kappa shape index (κ1) is 15.3. The van der Waals surface area contributed by atoms with Gasteiger partial charge < -0.3 is 10.4 Å². The minimum absolute atomic E-state index is 0.184. The fourth-order valence-corrected chi connectivity index (χ4v) is 2.75. The summed E-state index contributed by atoms with van der Waals surface area (Å²) in [4.78, 5) is 15.7. The Hall–Kier alpha value is -2.11. The molecule has 0 aliphatic rings. The lowest BCUT2D eigenvalue weighted by Gasteiger charge is -2.24. The van der Waals surface area contributed by atoms with Crippen molar-refractivity contribution in [3.63, 3.8) is 0 Å². The SMILES string of the molecule is CCC(CC)C(C)Nc1c(C(=O)O)cnc2c1cnn2C. The molecule has 21 heavy (non-hydrogen) atoms. The summed E-state index contributed by atoms with van der Waals surface area (Å²) < 4.78 is 1.65. The maximum atomic E-state index is 11.5. The third kappa shape index (κ3) is 2.84. The number of aryl methyl sites for hydroxylation is 1. The van der Waals surface area contributed by atoms with E-state index in [1.165, 1.54) is 6.20 Å². The Morgan fingerprint density at radius 2 is 2.05 bits per heavy atom. The summed E-state index contributed by atoms with van der Waals surface area (Å²) in [6, 6.07) is 0.184. The van der Waals surface area contributed by atoms with Gasteiger partial charge in [-0.2, -0.15) is 5.10 Å². The Morgan fingerprint density at radius 3 is 2.62 bits per heavy atom. The van der Waals surface area contributed by atoms with Gasteiger partial charge in [0.25, 0.3) is 0 Å². The first-order valence-corrected chi connectivity index (χ1v) is 7.30. The molecule has 1 unspecified atom stereocenters. The molecule has 0 saturated carbocycles. The van der Waals surface area contributed by atoms with Crippen LogP contribution in [-0.4, -0.2) is 31.9 Å². The zero-order valence-corrected chi connectivity index (χ0v) is 12.9. The van der Waals surface area contributed by atoms with Gasteiger partial charge in [-0.05, 0) is 12.8 Å². The van der Waals surface area contributed by atoms with Gasteiger partial charge in [0.2, 0.25) is 0 Å². The van der Waals surface area contributed by atoms with Crippen molar-refractivity contribution in [2.45, 2.75) is 39.7 Å². The Kier molecular flexibility index (Phi) is 4.45. The first-order chi connectivity index (χ1) is 9.99. The zero-order chi connectivity index (χ0) is 15.6. The van der Waals surface area contributed by atoms with Crippen LogP contribution in [0, 0.1) is 5.92 Å². The number of aromatic nitrogens is 3. The van der Waals surface area contributed by atoms with Crippen LogP contribution < -0.4 is 5.32 Å². The maximum Gasteiger partial charge on any atom is 0.339 e. The van der Waals surface area contributed by atoms with E-state index in [2.05, 4.69) is 36.2 Å². The van der Waals surface area contributed by atoms with Crippen LogP contribution in [0.3, 0.4) is 0 Å². The number of carboxylic acids is 1. The molecule has 2 aromatic rings. The molecule has 0 amide bonds. The van der Waals surface area contributed by atoms with Crippen molar-refractivity contribution in [2.24, 2.45) is 13.0 Å². The van der Waals surface area contributed by atoms with Crippen LogP contribution in [0.5, 0.6) is 0 Å². The van der Waals surface area contributed by atoms with E-state index in [0.29, 0.717) is 17.3 Å². The zero-order valence-electron chi connectivity index (χ0n) is 12.9. The molecule has 0 radical (unpaired) electrons. The number of hydrogen-bond acceptors (Lipinski definition) is 4. The standard InChI is InChI=1S/C15H22N4O2/c1-5-10(6-2)9(3)18-13-11-8-17-19(4)14(11)16-7-12(13)15(20)21/h7-10H,5-6H2,1-4H3,(H,16,18)(H,20,21). The molecule has 0 saturated heterocycles. The normalized spacial score (nSPS) is 12.8. The number of aromatic carboxylic acids is 1. The highest BCUT2D eigenvalue weighted by atomic mass is 16.4. The van der Waals surface area contributed by atoms with Crippen molar-refractivity contribution >= 4 is 22.7 Å². The summed E-state index contributed by atoms with van der Waals surface area (Å²) in [6.07, 6.45) is 5.16. The number of rotatable bonds is 6. The molecular formula is C15H22N4O2. The van der Waals surface area contributed by atoms with Crippen LogP contribution in [0.25, 0.3) is 11.0 Å². The van der Waals surface area contributed by atoms with Gasteiger partial charge in [0.15, 0.2) is 5.65 Å². The monoisotopic (exact) mass is 290 g/mol. The van der Waals surface area contributed by atoms with Crippen molar-refractivity contribution in [3.8, 4) is 0 Å². The second-order valence-electron chi connectivity index (χ2n) is 5.37. The molecule has 2 heterocycles. The van der Waals surface area contributed by atoms with Crippen LogP contribution in [0.15, 0.2) is 12.4 Å². The van der Waals surface area contributed by atoms with Crippen LogP contribution in [0.4, 0.5) is 5.69 Å². The second-order valence-corrected chi connectivity index (χ2v) is 5.37. The van der Waals surface area contributed by atoms with Crippen LogP contribution in [0.2, 0.25) is 0 Å². The predicted octanol–water partition coefficient (Wildman–Crippen LogP) is 2.90. The molecule has 6 heteroatoms. The maximum absolute atomic E-state index is 11.5. The summed E-state index contributed by atoms with van der Waals surface area (Å²) >= 11 is 0. The highest BCUT2D eigenvalue weighted by Crippen LogP contribution is 2.28. The van der Waals surface area contributed by atoms with Crippen molar-refractivity contribution < 1.29 is 9.90 Å². The number of pyridine rings is 1. The van der Waals surface area contributed by atoms with Gasteiger partial charge >= 0.3 is 5.97 Å². The number of carbonyl (C=O) groups is 1. The van der Waals surface area contributed by atoms with Crippen LogP contribution >= 0.6 is 0 Å². The lowest BCUT2D eigenvalue weighted by molar-refractivity contribution is 0.0697. The van der Waals surface area contributed by atoms with E-state index in [9.17, 15) is 9.90 Å². The topological polar surface area (TPSA) is 80.0 Å². The molecule has 0 aromatic carbocycles. The van der Waals surface area contributed by atoms with Crippen molar-refractivity contribution in [2.75, 3.05) is 5.32 Å². The van der Waals surface area contributed by atoms with Crippen molar-refractivity contribution in [1.82, 2.24) is 14.8 Å². The number of nitrogens with zero attached hydrogens (tertiary/aromatic N) is 3. The van der Waals surface area contributed by atoms with E-state index in [1.807, 2.05) is 0 Å². The Labute approximate surface area is 124 Å². The lowest BCUT2D eigenvalue weighted by Crippen LogP contribution is -2.26. The molecule has 114 valence electrons. The van der Waals surface area contributed by atoms with E-state index in [-0.39, 0.29) is 11.6 Å². The highest BCUT2D eigenvalue weighted by Gasteiger charge is 2.21. The summed E-state index contributed by atoms with van der Waals surface area (Å²) in [7, 11) is 1.80. The third-order valence-electron chi connectivity index (χ3n) is 4.12. The number of hydrogen-bond donors (Lipinski definition) is 2. The average Bonchev–Trinajstić information content (AvgIpc) is 2.82. The predicted molar refractivity (Wildman–Crippen MR) is 82.6 cm³/mol. The second kappa shape index (κ2) is 6.11. The molecule has 6 nitrogen and oxygen atoms in total. The summed E-state index contributed by atoms with van der Waals surface area (Å²) in [5.41, 5.74) is 1.48. The van der Waals surface area contributed by atoms with Gasteiger partial charge in [-0.3, -0.25) is 4.68 Å². The van der Waals surface area contributed by atoms with Crippen LogP contribution in [0.1, 0.15) is 44.0 Å². The third-order valence-corrected chi connectivity index (χ3v) is 4.12. The van der Waals surface area contributed by atoms with Crippen molar-refractivity contribution in [1.29, 1.82) is 0 Å². The molecule has 0 spiro atoms. The van der Waals surface area contributed by atoms with Crippen LogP contribution in [-0.2, 0) is 7.05 Å². The molecule has 2 N–H and O–H groups in total. The van der Waals surface area contributed by atoms with Gasteiger partial charge in [-0.25, -0.2) is 9.78 Å². The quantitative estimate of drug-likeness (QED) is 0.855. The largest absolute Gasteiger partial charge is 0.478 e. The Balaban J connectivity index is 2.49. The van der Waals surface area contributed by atoms with Gasteiger partial charge in [-0.15, -0.1) is 0 Å². The van der Waals surface area contributed by atoms with E-state index >= 15 is 0 Å². The average molecular weight is 290 g/mol. The Bertz CT molecular complexity index is 646. The van der Waals surface area contributed by atoms with E-state index in [4.69, 9.17) is 0 Å². The first-order valence-electron chi connectivity index (χ1n) is 7.30. The minimum Gasteiger partial charge on any atom is -0.478 e. The smallest absolute Gasteiger partial charge is 0.339 e. The minimum atomic E-state index is -0.979. The van der Waals surface area contributed by atoms with E-state index in [1.54, 1.807) is 17.9 Å². The molecular weight excluding hydrogens is 268 g/mol. The molecule has 0 aliphatic carbocycles.